The maximum Gasteiger partial charge on any atom is 0.178 e. The summed E-state index contributed by atoms with van der Waals surface area (Å²) in [5.74, 6) is -0.712. The summed E-state index contributed by atoms with van der Waals surface area (Å²) < 4.78 is 0. The number of aryl methyl sites for hydroxylation is 1. The van der Waals surface area contributed by atoms with Gasteiger partial charge in [0.15, 0.2) is 11.6 Å². The van der Waals surface area contributed by atoms with Crippen molar-refractivity contribution in [3.8, 4) is 0 Å². The zero-order valence-corrected chi connectivity index (χ0v) is 19.1. The molecular formula is C26H22N2O2S2. The van der Waals surface area contributed by atoms with Crippen molar-refractivity contribution in [1.82, 2.24) is 0 Å². The van der Waals surface area contributed by atoms with Gasteiger partial charge in [-0.1, -0.05) is 60.7 Å². The van der Waals surface area contributed by atoms with Crippen LogP contribution in [0.2, 0.25) is 0 Å². The van der Waals surface area contributed by atoms with Crippen LogP contribution in [-0.4, -0.2) is 28.1 Å². The Morgan fingerprint density at radius 1 is 0.969 bits per heavy atom. The van der Waals surface area contributed by atoms with E-state index in [-0.39, 0.29) is 17.3 Å². The van der Waals surface area contributed by atoms with Crippen LogP contribution in [0, 0.1) is 11.3 Å². The largest absolute Gasteiger partial charge is 0.303 e. The summed E-state index contributed by atoms with van der Waals surface area (Å²) in [6.45, 7) is 0. The summed E-state index contributed by atoms with van der Waals surface area (Å²) in [6.07, 6.45) is 4.23. The zero-order valence-electron chi connectivity index (χ0n) is 17.5. The quantitative estimate of drug-likeness (QED) is 0.466. The van der Waals surface area contributed by atoms with Gasteiger partial charge in [-0.05, 0) is 31.2 Å². The highest BCUT2D eigenvalue weighted by atomic mass is 32.2. The van der Waals surface area contributed by atoms with Crippen LogP contribution in [0.4, 0.5) is 5.00 Å². The molecule has 5 rings (SSSR count). The normalized spacial score (nSPS) is 17.3. The summed E-state index contributed by atoms with van der Waals surface area (Å²) >= 11 is 2.94. The fraction of sp³-hybridized carbons (Fsp3) is 0.231. The van der Waals surface area contributed by atoms with Crippen LogP contribution in [0.15, 0.2) is 65.7 Å². The van der Waals surface area contributed by atoms with Gasteiger partial charge >= 0.3 is 0 Å². The van der Waals surface area contributed by atoms with Crippen LogP contribution in [0.3, 0.4) is 0 Å². The van der Waals surface area contributed by atoms with E-state index >= 15 is 0 Å². The van der Waals surface area contributed by atoms with Crippen LogP contribution in [-0.2, 0) is 12.8 Å². The van der Waals surface area contributed by atoms with Crippen molar-refractivity contribution in [3.05, 3.63) is 87.8 Å². The lowest BCUT2D eigenvalue weighted by Gasteiger charge is -2.24. The molecule has 0 amide bonds. The van der Waals surface area contributed by atoms with Gasteiger partial charge in [0.05, 0.1) is 16.5 Å². The Bertz CT molecular complexity index is 1230. The molecule has 0 saturated carbocycles. The molecule has 1 atom stereocenters. The van der Waals surface area contributed by atoms with Gasteiger partial charge in [-0.3, -0.25) is 9.59 Å². The Balaban J connectivity index is 1.51. The zero-order chi connectivity index (χ0) is 22.1. The van der Waals surface area contributed by atoms with Gasteiger partial charge in [0.1, 0.15) is 10.9 Å². The molecule has 160 valence electrons. The number of ketones is 2. The third-order valence-corrected chi connectivity index (χ3v) is 8.15. The standard InChI is InChI=1S/C26H22N2O2S2/c27-23-21-18-13-7-8-14-20(18)32-26(21)28-25(22(23)24(30)17-11-5-2-6-12-17)31-15-19(29)16-9-3-1-4-10-16/h1-6,9-12,22,27H,7-8,13-15H2. The second-order valence-electron chi connectivity index (χ2n) is 8.00. The summed E-state index contributed by atoms with van der Waals surface area (Å²) in [4.78, 5) is 32.4. The highest BCUT2D eigenvalue weighted by Crippen LogP contribution is 2.45. The minimum absolute atomic E-state index is 0.00740. The van der Waals surface area contributed by atoms with Crippen LogP contribution in [0.1, 0.15) is 49.6 Å². The van der Waals surface area contributed by atoms with Gasteiger partial charge in [0, 0.05) is 21.6 Å². The number of thioether (sulfide) groups is 1. The average molecular weight is 459 g/mol. The molecule has 0 radical (unpaired) electrons. The lowest BCUT2D eigenvalue weighted by molar-refractivity contribution is 0.0977. The lowest BCUT2D eigenvalue weighted by Crippen LogP contribution is -2.34. The predicted octanol–water partition coefficient (Wildman–Crippen LogP) is 6.15. The number of nitrogens with one attached hydrogen (secondary N) is 1. The second-order valence-corrected chi connectivity index (χ2v) is 10.1. The molecule has 0 bridgehead atoms. The van der Waals surface area contributed by atoms with Crippen LogP contribution < -0.4 is 0 Å². The lowest BCUT2D eigenvalue weighted by atomic mass is 9.85. The number of nitrogens with zero attached hydrogens (tertiary/aromatic N) is 1. The maximum absolute atomic E-state index is 13.5. The number of aliphatic imine (C=N–C) groups is 1. The third kappa shape index (κ3) is 3.89. The van der Waals surface area contributed by atoms with E-state index in [4.69, 9.17) is 10.4 Å². The summed E-state index contributed by atoms with van der Waals surface area (Å²) in [7, 11) is 0. The molecule has 1 aromatic heterocycles. The number of benzene rings is 2. The molecule has 2 aromatic carbocycles. The molecule has 1 unspecified atom stereocenters. The van der Waals surface area contributed by atoms with Gasteiger partial charge in [-0.25, -0.2) is 4.99 Å². The predicted molar refractivity (Wildman–Crippen MR) is 132 cm³/mol. The summed E-state index contributed by atoms with van der Waals surface area (Å²) in [5.41, 5.74) is 3.61. The Morgan fingerprint density at radius 2 is 1.62 bits per heavy atom. The number of hydrogen-bond donors (Lipinski definition) is 1. The fourth-order valence-electron chi connectivity index (χ4n) is 4.32. The van der Waals surface area contributed by atoms with Gasteiger partial charge in [-0.2, -0.15) is 0 Å². The van der Waals surface area contributed by atoms with Gasteiger partial charge in [-0.15, -0.1) is 23.1 Å². The minimum atomic E-state index is -0.765. The molecule has 4 nitrogen and oxygen atoms in total. The molecule has 1 N–H and O–H groups in total. The van der Waals surface area contributed by atoms with Gasteiger partial charge < -0.3 is 5.41 Å². The number of carbonyl (C=O) groups excluding carboxylic acids is 2. The van der Waals surface area contributed by atoms with E-state index in [2.05, 4.69) is 0 Å². The van der Waals surface area contributed by atoms with E-state index in [0.29, 0.717) is 21.9 Å². The highest BCUT2D eigenvalue weighted by Gasteiger charge is 2.38. The molecule has 6 heteroatoms. The first-order valence-electron chi connectivity index (χ1n) is 10.8. The molecular weight excluding hydrogens is 436 g/mol. The Kier molecular flexibility index (Phi) is 5.89. The number of carbonyl (C=O) groups is 2. The molecule has 1 aliphatic heterocycles. The first-order valence-corrected chi connectivity index (χ1v) is 12.6. The summed E-state index contributed by atoms with van der Waals surface area (Å²) in [6, 6.07) is 18.3. The van der Waals surface area contributed by atoms with Crippen molar-refractivity contribution in [3.63, 3.8) is 0 Å². The number of rotatable bonds is 5. The van der Waals surface area contributed by atoms with Crippen LogP contribution >= 0.6 is 23.1 Å². The van der Waals surface area contributed by atoms with Gasteiger partial charge in [0.25, 0.3) is 0 Å². The first-order chi connectivity index (χ1) is 15.6. The minimum Gasteiger partial charge on any atom is -0.303 e. The number of hydrogen-bond acceptors (Lipinski definition) is 6. The van der Waals surface area contributed by atoms with Crippen molar-refractivity contribution in [1.29, 1.82) is 5.41 Å². The molecule has 0 fully saturated rings. The number of thiophene rings is 1. The molecule has 0 saturated heterocycles. The average Bonchev–Trinajstić information content (AvgIpc) is 3.22. The molecule has 2 aliphatic rings. The van der Waals surface area contributed by atoms with E-state index in [0.717, 1.165) is 36.2 Å². The number of fused-ring (bicyclic) bond motifs is 3. The smallest absolute Gasteiger partial charge is 0.178 e. The van der Waals surface area contributed by atoms with Crippen LogP contribution in [0.5, 0.6) is 0 Å². The molecule has 2 heterocycles. The van der Waals surface area contributed by atoms with E-state index < -0.39 is 5.92 Å². The summed E-state index contributed by atoms with van der Waals surface area (Å²) in [5, 5.41) is 10.4. The SMILES string of the molecule is N=C1c2c(sc3c2CCCC3)N=C(SCC(=O)c2ccccc2)C1C(=O)c1ccccc1. The van der Waals surface area contributed by atoms with Crippen LogP contribution in [0.25, 0.3) is 0 Å². The van der Waals surface area contributed by atoms with E-state index in [1.165, 1.54) is 22.2 Å². The van der Waals surface area contributed by atoms with E-state index in [1.54, 1.807) is 35.6 Å². The van der Waals surface area contributed by atoms with Gasteiger partial charge in [0.2, 0.25) is 0 Å². The second kappa shape index (κ2) is 8.96. The van der Waals surface area contributed by atoms with E-state index in [1.807, 2.05) is 36.4 Å². The van der Waals surface area contributed by atoms with Crippen molar-refractivity contribution < 1.29 is 9.59 Å². The van der Waals surface area contributed by atoms with E-state index in [9.17, 15) is 9.59 Å². The molecule has 0 spiro atoms. The van der Waals surface area contributed by atoms with Crippen molar-refractivity contribution in [2.75, 3.05) is 5.75 Å². The fourth-order valence-corrected chi connectivity index (χ4v) is 6.65. The Morgan fingerprint density at radius 3 is 2.34 bits per heavy atom. The van der Waals surface area contributed by atoms with Crippen molar-refractivity contribution in [2.45, 2.75) is 25.7 Å². The topological polar surface area (TPSA) is 70.3 Å². The van der Waals surface area contributed by atoms with Crippen molar-refractivity contribution >= 4 is 50.4 Å². The highest BCUT2D eigenvalue weighted by molar-refractivity contribution is 8.14. The Labute approximate surface area is 195 Å². The molecule has 3 aromatic rings. The monoisotopic (exact) mass is 458 g/mol. The van der Waals surface area contributed by atoms with Crippen molar-refractivity contribution in [2.24, 2.45) is 10.9 Å². The molecule has 1 aliphatic carbocycles. The Hall–Kier alpha value is -2.83. The number of Topliss-reactive ketones (excluding diaryl/α,β-unsaturated/α-hetero) is 2. The first kappa shape index (κ1) is 21.0. The third-order valence-electron chi connectivity index (χ3n) is 5.94. The molecule has 32 heavy (non-hydrogen) atoms. The maximum atomic E-state index is 13.5.